The largest absolute Gasteiger partial charge is 0.285 e. The number of rotatable bonds is 3. The maximum Gasteiger partial charge on any atom is 0.0519 e. The summed E-state index contributed by atoms with van der Waals surface area (Å²) < 4.78 is 0. The smallest absolute Gasteiger partial charge is 0.0519 e. The summed E-state index contributed by atoms with van der Waals surface area (Å²) in [5.74, 6) is 1.04. The molecule has 1 heterocycles. The van der Waals surface area contributed by atoms with Gasteiger partial charge in [0, 0.05) is 11.9 Å². The Bertz CT molecular complexity index is 150. The summed E-state index contributed by atoms with van der Waals surface area (Å²) in [5.41, 5.74) is 1.25. The van der Waals surface area contributed by atoms with E-state index in [0.29, 0.717) is 0 Å². The van der Waals surface area contributed by atoms with Gasteiger partial charge in [0.25, 0.3) is 0 Å². The molecule has 0 amide bonds. The highest BCUT2D eigenvalue weighted by molar-refractivity contribution is 8.68. The monoisotopic (exact) mass is 160 g/mol. The van der Waals surface area contributed by atoms with Crippen molar-refractivity contribution in [3.63, 3.8) is 0 Å². The van der Waals surface area contributed by atoms with Crippen LogP contribution in [0.5, 0.6) is 0 Å². The normalized spacial score (nSPS) is 9.89. The average Bonchev–Trinajstić information content (AvgIpc) is 2.34. The summed E-state index contributed by atoms with van der Waals surface area (Å²) >= 11 is 4.02. The number of nitrogens with zero attached hydrogens (tertiary/aromatic N) is 1. The molecule has 1 rings (SSSR count). The van der Waals surface area contributed by atoms with Crippen LogP contribution in [0.15, 0.2) is 12.4 Å². The van der Waals surface area contributed by atoms with E-state index in [-0.39, 0.29) is 0 Å². The fourth-order valence-corrected chi connectivity index (χ4v) is 1.18. The second-order valence-electron chi connectivity index (χ2n) is 1.69. The molecule has 1 N–H and O–H groups in total. The molecule has 2 nitrogen and oxygen atoms in total. The van der Waals surface area contributed by atoms with Crippen molar-refractivity contribution in [2.24, 2.45) is 0 Å². The van der Waals surface area contributed by atoms with Gasteiger partial charge in [-0.25, -0.2) is 0 Å². The molecular formula is C5H8N2S2. The number of aromatic amines is 1. The fourth-order valence-electron chi connectivity index (χ4n) is 0.578. The molecule has 0 radical (unpaired) electrons. The number of hydrogen-bond acceptors (Lipinski definition) is 3. The van der Waals surface area contributed by atoms with Crippen LogP contribution in [0.1, 0.15) is 5.56 Å². The van der Waals surface area contributed by atoms with Crippen LogP contribution < -0.4 is 0 Å². The Kier molecular flexibility index (Phi) is 3.00. The second kappa shape index (κ2) is 3.85. The summed E-state index contributed by atoms with van der Waals surface area (Å²) in [5, 5.41) is 6.57. The van der Waals surface area contributed by atoms with Crippen molar-refractivity contribution in [3.05, 3.63) is 18.0 Å². The highest BCUT2D eigenvalue weighted by atomic mass is 33.1. The van der Waals surface area contributed by atoms with Crippen LogP contribution in [0, 0.1) is 0 Å². The molecule has 0 aliphatic rings. The number of hydrogen-bond donors (Lipinski definition) is 2. The highest BCUT2D eigenvalue weighted by Gasteiger charge is 1.90. The average molecular weight is 160 g/mol. The minimum atomic E-state index is 1.04. The van der Waals surface area contributed by atoms with E-state index >= 15 is 0 Å². The summed E-state index contributed by atoms with van der Waals surface area (Å²) in [6, 6.07) is 0. The first-order valence-electron chi connectivity index (χ1n) is 2.67. The van der Waals surface area contributed by atoms with Crippen LogP contribution in [0.25, 0.3) is 0 Å². The van der Waals surface area contributed by atoms with Gasteiger partial charge in [0.1, 0.15) is 0 Å². The fraction of sp³-hybridized carbons (Fsp3) is 0.400. The Balaban J connectivity index is 2.30. The first-order chi connectivity index (χ1) is 4.43. The standard InChI is InChI=1S/C5H8N2S2/c8-9-2-1-5-3-6-7-4-5/h3-4,8H,1-2H2,(H,6,7). The maximum atomic E-state index is 4.02. The van der Waals surface area contributed by atoms with Crippen molar-refractivity contribution >= 4 is 22.5 Å². The molecule has 50 valence electrons. The first-order valence-corrected chi connectivity index (χ1v) is 4.71. The van der Waals surface area contributed by atoms with Gasteiger partial charge < -0.3 is 0 Å². The van der Waals surface area contributed by atoms with E-state index in [1.165, 1.54) is 5.56 Å². The lowest BCUT2D eigenvalue weighted by molar-refractivity contribution is 1.09. The van der Waals surface area contributed by atoms with E-state index in [1.54, 1.807) is 10.8 Å². The van der Waals surface area contributed by atoms with Gasteiger partial charge in [-0.3, -0.25) is 5.10 Å². The van der Waals surface area contributed by atoms with Gasteiger partial charge in [-0.1, -0.05) is 10.8 Å². The van der Waals surface area contributed by atoms with Crippen molar-refractivity contribution in [2.45, 2.75) is 6.42 Å². The van der Waals surface area contributed by atoms with Crippen molar-refractivity contribution in [1.82, 2.24) is 10.2 Å². The van der Waals surface area contributed by atoms with Gasteiger partial charge in [-0.05, 0) is 12.0 Å². The first kappa shape index (κ1) is 7.02. The Labute approximate surface area is 63.2 Å². The molecule has 0 fully saturated rings. The molecule has 0 aliphatic carbocycles. The number of aromatic nitrogens is 2. The van der Waals surface area contributed by atoms with Gasteiger partial charge in [0.2, 0.25) is 0 Å². The van der Waals surface area contributed by atoms with Crippen LogP contribution in [-0.4, -0.2) is 16.0 Å². The molecule has 0 atom stereocenters. The zero-order valence-corrected chi connectivity index (χ0v) is 6.58. The lowest BCUT2D eigenvalue weighted by Gasteiger charge is -1.88. The van der Waals surface area contributed by atoms with Gasteiger partial charge in [0.15, 0.2) is 0 Å². The molecule has 4 heteroatoms. The number of thiol groups is 1. The molecule has 0 aliphatic heterocycles. The van der Waals surface area contributed by atoms with Gasteiger partial charge in [-0.15, -0.1) is 11.7 Å². The van der Waals surface area contributed by atoms with E-state index in [2.05, 4.69) is 21.9 Å². The molecule has 0 aromatic carbocycles. The van der Waals surface area contributed by atoms with Gasteiger partial charge in [0.05, 0.1) is 6.20 Å². The minimum Gasteiger partial charge on any atom is -0.285 e. The summed E-state index contributed by atoms with van der Waals surface area (Å²) in [7, 11) is 1.55. The molecular weight excluding hydrogens is 152 g/mol. The van der Waals surface area contributed by atoms with Crippen LogP contribution in [-0.2, 0) is 6.42 Å². The third kappa shape index (κ3) is 2.32. The highest BCUT2D eigenvalue weighted by Crippen LogP contribution is 2.07. The zero-order chi connectivity index (χ0) is 6.53. The lowest BCUT2D eigenvalue weighted by atomic mass is 10.3. The number of aryl methyl sites for hydroxylation is 1. The Morgan fingerprint density at radius 3 is 3.22 bits per heavy atom. The Morgan fingerprint density at radius 2 is 2.67 bits per heavy atom. The van der Waals surface area contributed by atoms with E-state index in [1.807, 2.05) is 12.4 Å². The van der Waals surface area contributed by atoms with Crippen molar-refractivity contribution in [2.75, 3.05) is 5.75 Å². The molecule has 1 aromatic heterocycles. The van der Waals surface area contributed by atoms with E-state index in [9.17, 15) is 0 Å². The van der Waals surface area contributed by atoms with Crippen LogP contribution in [0.4, 0.5) is 0 Å². The summed E-state index contributed by atoms with van der Waals surface area (Å²) in [6.07, 6.45) is 4.79. The maximum absolute atomic E-state index is 4.02. The van der Waals surface area contributed by atoms with Crippen LogP contribution in [0.3, 0.4) is 0 Å². The van der Waals surface area contributed by atoms with Crippen LogP contribution in [0.2, 0.25) is 0 Å². The van der Waals surface area contributed by atoms with Crippen molar-refractivity contribution < 1.29 is 0 Å². The minimum absolute atomic E-state index is 1.04. The molecule has 0 spiro atoms. The molecule has 0 saturated carbocycles. The van der Waals surface area contributed by atoms with Gasteiger partial charge in [-0.2, -0.15) is 5.10 Å². The molecule has 9 heavy (non-hydrogen) atoms. The summed E-state index contributed by atoms with van der Waals surface area (Å²) in [6.45, 7) is 0. The lowest BCUT2D eigenvalue weighted by Crippen LogP contribution is -1.81. The molecule has 0 saturated heterocycles. The topological polar surface area (TPSA) is 28.7 Å². The zero-order valence-electron chi connectivity index (χ0n) is 4.87. The number of nitrogens with one attached hydrogen (secondary N) is 1. The van der Waals surface area contributed by atoms with Crippen LogP contribution >= 0.6 is 22.5 Å². The Morgan fingerprint density at radius 1 is 1.78 bits per heavy atom. The Hall–Kier alpha value is -0.0900. The second-order valence-corrected chi connectivity index (χ2v) is 3.13. The predicted octanol–water partition coefficient (Wildman–Crippen LogP) is 1.53. The summed E-state index contributed by atoms with van der Waals surface area (Å²) in [4.78, 5) is 0. The van der Waals surface area contributed by atoms with Crippen molar-refractivity contribution in [1.29, 1.82) is 0 Å². The SMILES string of the molecule is SSCCc1cn[nH]c1. The molecule has 0 bridgehead atoms. The number of H-pyrrole nitrogens is 1. The van der Waals surface area contributed by atoms with E-state index in [0.717, 1.165) is 12.2 Å². The molecule has 0 unspecified atom stereocenters. The van der Waals surface area contributed by atoms with Crippen molar-refractivity contribution in [3.8, 4) is 0 Å². The quantitative estimate of drug-likeness (QED) is 0.518. The van der Waals surface area contributed by atoms with Gasteiger partial charge >= 0.3 is 0 Å². The van der Waals surface area contributed by atoms with E-state index in [4.69, 9.17) is 0 Å². The third-order valence-corrected chi connectivity index (χ3v) is 1.97. The third-order valence-electron chi connectivity index (χ3n) is 1.04. The molecule has 1 aromatic rings. The predicted molar refractivity (Wildman–Crippen MR) is 43.7 cm³/mol. The van der Waals surface area contributed by atoms with E-state index < -0.39 is 0 Å².